The minimum atomic E-state index is -0.0286. The SMILES string of the molecule is COc1ccc(OCCC(=O)NC(Cc2ccc3c(c2)OCCO3)CN2CCOCC2)cc1. The van der Waals surface area contributed by atoms with Crippen LogP contribution in [0.2, 0.25) is 0 Å². The van der Waals surface area contributed by atoms with Gasteiger partial charge in [-0.3, -0.25) is 9.69 Å². The molecule has 8 heteroatoms. The molecule has 8 nitrogen and oxygen atoms in total. The van der Waals surface area contributed by atoms with Crippen LogP contribution in [0.25, 0.3) is 0 Å². The Bertz CT molecular complexity index is 898. The molecule has 4 rings (SSSR count). The van der Waals surface area contributed by atoms with E-state index in [4.69, 9.17) is 23.7 Å². The van der Waals surface area contributed by atoms with Crippen molar-refractivity contribution in [1.82, 2.24) is 10.2 Å². The van der Waals surface area contributed by atoms with Crippen LogP contribution in [-0.2, 0) is 16.0 Å². The quantitative estimate of drug-likeness (QED) is 0.588. The van der Waals surface area contributed by atoms with Crippen LogP contribution in [0.4, 0.5) is 0 Å². The van der Waals surface area contributed by atoms with Gasteiger partial charge in [-0.25, -0.2) is 0 Å². The van der Waals surface area contributed by atoms with Gasteiger partial charge in [0.25, 0.3) is 0 Å². The third-order valence-corrected chi connectivity index (χ3v) is 5.69. The molecule has 1 amide bonds. The Morgan fingerprint density at radius 2 is 1.73 bits per heavy atom. The number of benzene rings is 2. The predicted octanol–water partition coefficient (Wildman–Crippen LogP) is 2.29. The largest absolute Gasteiger partial charge is 0.497 e. The zero-order valence-corrected chi connectivity index (χ0v) is 19.1. The van der Waals surface area contributed by atoms with Crippen molar-refractivity contribution in [3.63, 3.8) is 0 Å². The van der Waals surface area contributed by atoms with Crippen molar-refractivity contribution in [1.29, 1.82) is 0 Å². The number of nitrogens with one attached hydrogen (secondary N) is 1. The third-order valence-electron chi connectivity index (χ3n) is 5.69. The fourth-order valence-corrected chi connectivity index (χ4v) is 3.99. The predicted molar refractivity (Wildman–Crippen MR) is 123 cm³/mol. The van der Waals surface area contributed by atoms with Gasteiger partial charge in [-0.15, -0.1) is 0 Å². The van der Waals surface area contributed by atoms with Crippen LogP contribution in [0.1, 0.15) is 12.0 Å². The molecule has 2 aliphatic heterocycles. The summed E-state index contributed by atoms with van der Waals surface area (Å²) < 4.78 is 27.7. The summed E-state index contributed by atoms with van der Waals surface area (Å²) >= 11 is 0. The van der Waals surface area contributed by atoms with Crippen LogP contribution in [0.5, 0.6) is 23.0 Å². The summed E-state index contributed by atoms with van der Waals surface area (Å²) in [6.07, 6.45) is 0.992. The monoisotopic (exact) mass is 456 g/mol. The Hall–Kier alpha value is -2.97. The van der Waals surface area contributed by atoms with Crippen LogP contribution in [-0.4, -0.2) is 76.6 Å². The highest BCUT2D eigenvalue weighted by Crippen LogP contribution is 2.31. The average molecular weight is 457 g/mol. The Labute approximate surface area is 194 Å². The molecule has 178 valence electrons. The zero-order chi connectivity index (χ0) is 22.9. The summed E-state index contributed by atoms with van der Waals surface area (Å²) in [5.41, 5.74) is 1.10. The van der Waals surface area contributed by atoms with E-state index >= 15 is 0 Å². The standard InChI is InChI=1S/C25H32N2O6/c1-29-21-3-5-22(6-4-21)31-11-8-25(28)26-20(18-27-9-12-30-13-10-27)16-19-2-7-23-24(17-19)33-15-14-32-23/h2-7,17,20H,8-16,18H2,1H3,(H,26,28). The van der Waals surface area contributed by atoms with Gasteiger partial charge in [0.2, 0.25) is 5.91 Å². The molecule has 0 bridgehead atoms. The van der Waals surface area contributed by atoms with Gasteiger partial charge in [-0.05, 0) is 48.4 Å². The third kappa shape index (κ3) is 7.00. The van der Waals surface area contributed by atoms with Gasteiger partial charge in [-0.2, -0.15) is 0 Å². The van der Waals surface area contributed by atoms with E-state index in [1.165, 1.54) is 0 Å². The highest BCUT2D eigenvalue weighted by Gasteiger charge is 2.20. The lowest BCUT2D eigenvalue weighted by Gasteiger charge is -2.31. The first-order valence-corrected chi connectivity index (χ1v) is 11.4. The van der Waals surface area contributed by atoms with Gasteiger partial charge in [0.1, 0.15) is 24.7 Å². The smallest absolute Gasteiger partial charge is 0.223 e. The topological polar surface area (TPSA) is 78.5 Å². The second-order valence-corrected chi connectivity index (χ2v) is 8.13. The van der Waals surface area contributed by atoms with Crippen molar-refractivity contribution < 1.29 is 28.5 Å². The number of amides is 1. The Balaban J connectivity index is 1.32. The molecule has 0 aromatic heterocycles. The first kappa shape index (κ1) is 23.2. The molecule has 0 saturated carbocycles. The molecule has 2 aliphatic rings. The van der Waals surface area contributed by atoms with Crippen LogP contribution < -0.4 is 24.3 Å². The maximum atomic E-state index is 12.7. The van der Waals surface area contributed by atoms with Gasteiger partial charge in [-0.1, -0.05) is 6.07 Å². The lowest BCUT2D eigenvalue weighted by molar-refractivity contribution is -0.122. The molecule has 1 unspecified atom stereocenters. The van der Waals surface area contributed by atoms with Crippen LogP contribution in [0, 0.1) is 0 Å². The van der Waals surface area contributed by atoms with E-state index in [0.29, 0.717) is 32.0 Å². The van der Waals surface area contributed by atoms with Gasteiger partial charge in [0.15, 0.2) is 11.5 Å². The molecule has 2 aromatic carbocycles. The number of hydrogen-bond acceptors (Lipinski definition) is 7. The second kappa shape index (κ2) is 11.8. The van der Waals surface area contributed by atoms with Crippen molar-refractivity contribution in [3.8, 4) is 23.0 Å². The molecule has 1 N–H and O–H groups in total. The molecular formula is C25H32N2O6. The molecule has 2 aromatic rings. The van der Waals surface area contributed by atoms with E-state index in [1.54, 1.807) is 7.11 Å². The fraction of sp³-hybridized carbons (Fsp3) is 0.480. The van der Waals surface area contributed by atoms with E-state index in [-0.39, 0.29) is 18.4 Å². The Morgan fingerprint density at radius 1 is 1.00 bits per heavy atom. The zero-order valence-electron chi connectivity index (χ0n) is 19.1. The van der Waals surface area contributed by atoms with E-state index in [2.05, 4.69) is 10.2 Å². The minimum absolute atomic E-state index is 0.0284. The fourth-order valence-electron chi connectivity index (χ4n) is 3.99. The molecule has 1 saturated heterocycles. The van der Waals surface area contributed by atoms with E-state index in [1.807, 2.05) is 42.5 Å². The lowest BCUT2D eigenvalue weighted by atomic mass is 10.0. The maximum absolute atomic E-state index is 12.7. The first-order valence-electron chi connectivity index (χ1n) is 11.4. The van der Waals surface area contributed by atoms with Crippen LogP contribution in [0.15, 0.2) is 42.5 Å². The van der Waals surface area contributed by atoms with E-state index in [9.17, 15) is 4.79 Å². The summed E-state index contributed by atoms with van der Waals surface area (Å²) in [6.45, 7) is 5.39. The summed E-state index contributed by atoms with van der Waals surface area (Å²) in [6, 6.07) is 13.3. The summed E-state index contributed by atoms with van der Waals surface area (Å²) in [7, 11) is 1.62. The molecule has 0 spiro atoms. The van der Waals surface area contributed by atoms with Crippen LogP contribution >= 0.6 is 0 Å². The number of fused-ring (bicyclic) bond motifs is 1. The van der Waals surface area contributed by atoms with Crippen molar-refractivity contribution in [2.24, 2.45) is 0 Å². The number of nitrogens with zero attached hydrogens (tertiary/aromatic N) is 1. The summed E-state index contributed by atoms with van der Waals surface area (Å²) in [4.78, 5) is 15.0. The lowest BCUT2D eigenvalue weighted by Crippen LogP contribution is -2.48. The Morgan fingerprint density at radius 3 is 2.48 bits per heavy atom. The minimum Gasteiger partial charge on any atom is -0.497 e. The molecule has 0 radical (unpaired) electrons. The summed E-state index contributed by atoms with van der Waals surface area (Å²) in [5.74, 6) is 2.99. The molecule has 1 atom stereocenters. The highest BCUT2D eigenvalue weighted by atomic mass is 16.6. The number of morpholine rings is 1. The van der Waals surface area contributed by atoms with Crippen molar-refractivity contribution in [2.45, 2.75) is 18.9 Å². The number of carbonyl (C=O) groups is 1. The highest BCUT2D eigenvalue weighted by molar-refractivity contribution is 5.76. The van der Waals surface area contributed by atoms with Gasteiger partial charge < -0.3 is 29.0 Å². The van der Waals surface area contributed by atoms with Crippen molar-refractivity contribution in [2.75, 3.05) is 59.8 Å². The van der Waals surface area contributed by atoms with Crippen LogP contribution in [0.3, 0.4) is 0 Å². The number of methoxy groups -OCH3 is 1. The molecule has 33 heavy (non-hydrogen) atoms. The number of ether oxygens (including phenoxy) is 5. The number of hydrogen-bond donors (Lipinski definition) is 1. The molecular weight excluding hydrogens is 424 g/mol. The maximum Gasteiger partial charge on any atom is 0.223 e. The van der Waals surface area contributed by atoms with Crippen molar-refractivity contribution >= 4 is 5.91 Å². The molecule has 2 heterocycles. The summed E-state index contributed by atoms with van der Waals surface area (Å²) in [5, 5.41) is 3.20. The first-order chi connectivity index (χ1) is 16.2. The average Bonchev–Trinajstić information content (AvgIpc) is 2.85. The van der Waals surface area contributed by atoms with Crippen molar-refractivity contribution in [3.05, 3.63) is 48.0 Å². The van der Waals surface area contributed by atoms with E-state index in [0.717, 1.165) is 55.7 Å². The number of rotatable bonds is 10. The van der Waals surface area contributed by atoms with Gasteiger partial charge >= 0.3 is 0 Å². The van der Waals surface area contributed by atoms with Gasteiger partial charge in [0, 0.05) is 25.7 Å². The van der Waals surface area contributed by atoms with Gasteiger partial charge in [0.05, 0.1) is 33.4 Å². The molecule has 1 fully saturated rings. The normalized spacial score (nSPS) is 16.6. The second-order valence-electron chi connectivity index (χ2n) is 8.13. The number of carbonyl (C=O) groups excluding carboxylic acids is 1. The molecule has 0 aliphatic carbocycles. The Kier molecular flexibility index (Phi) is 8.27. The van der Waals surface area contributed by atoms with E-state index < -0.39 is 0 Å².